The number of carbonyl (C=O) groups excluding carboxylic acids is 1. The molecule has 3 aromatic rings. The molecule has 0 radical (unpaired) electrons. The van der Waals surface area contributed by atoms with Gasteiger partial charge in [0.1, 0.15) is 5.69 Å². The second-order valence-corrected chi connectivity index (χ2v) is 6.31. The molecule has 2 N–H and O–H groups in total. The molecule has 1 heterocycles. The van der Waals surface area contributed by atoms with Crippen molar-refractivity contribution in [2.45, 2.75) is 16.7 Å². The van der Waals surface area contributed by atoms with Gasteiger partial charge in [-0.15, -0.1) is 0 Å². The Bertz CT molecular complexity index is 814. The lowest BCUT2D eigenvalue weighted by molar-refractivity contribution is 0.0949. The minimum atomic E-state index is -0.103. The third-order valence-electron chi connectivity index (χ3n) is 3.24. The van der Waals surface area contributed by atoms with Gasteiger partial charge in [-0.05, 0) is 37.3 Å². The average molecular weight is 331 g/mol. The summed E-state index contributed by atoms with van der Waals surface area (Å²) >= 11 is 7.68. The zero-order valence-corrected chi connectivity index (χ0v) is 13.6. The average Bonchev–Trinajstić information content (AvgIpc) is 2.87. The van der Waals surface area contributed by atoms with E-state index in [1.165, 1.54) is 0 Å². The lowest BCUT2D eigenvalue weighted by Crippen LogP contribution is -2.23. The van der Waals surface area contributed by atoms with Crippen molar-refractivity contribution < 1.29 is 4.79 Å². The topological polar surface area (TPSA) is 44.9 Å². The van der Waals surface area contributed by atoms with Crippen molar-refractivity contribution >= 4 is 40.2 Å². The molecule has 0 spiro atoms. The number of rotatable bonds is 4. The van der Waals surface area contributed by atoms with E-state index in [1.807, 2.05) is 55.5 Å². The third-order valence-corrected chi connectivity index (χ3v) is 4.61. The van der Waals surface area contributed by atoms with E-state index >= 15 is 0 Å². The van der Waals surface area contributed by atoms with Gasteiger partial charge >= 0.3 is 0 Å². The summed E-state index contributed by atoms with van der Waals surface area (Å²) in [6.07, 6.45) is 0. The van der Waals surface area contributed by atoms with Crippen LogP contribution in [-0.2, 0) is 0 Å². The highest BCUT2D eigenvalue weighted by molar-refractivity contribution is 7.99. The highest BCUT2D eigenvalue weighted by atomic mass is 35.5. The van der Waals surface area contributed by atoms with Gasteiger partial charge in [0.05, 0.1) is 4.90 Å². The van der Waals surface area contributed by atoms with Crippen LogP contribution in [0.4, 0.5) is 0 Å². The summed E-state index contributed by atoms with van der Waals surface area (Å²) in [5.74, 6) is -0.103. The maximum Gasteiger partial charge on any atom is 0.268 e. The van der Waals surface area contributed by atoms with Crippen molar-refractivity contribution in [2.24, 2.45) is 0 Å². The van der Waals surface area contributed by atoms with Crippen molar-refractivity contribution in [2.75, 3.05) is 6.54 Å². The fraction of sp³-hybridized carbons (Fsp3) is 0.118. The van der Waals surface area contributed by atoms with Crippen LogP contribution in [0.5, 0.6) is 0 Å². The Hall–Kier alpha value is -1.91. The Morgan fingerprint density at radius 1 is 1.23 bits per heavy atom. The van der Waals surface area contributed by atoms with E-state index in [4.69, 9.17) is 11.6 Å². The highest BCUT2D eigenvalue weighted by Crippen LogP contribution is 2.37. The first-order valence-corrected chi connectivity index (χ1v) is 8.21. The zero-order valence-electron chi connectivity index (χ0n) is 12.0. The monoisotopic (exact) mass is 330 g/mol. The molecule has 5 heteroatoms. The molecule has 0 fully saturated rings. The zero-order chi connectivity index (χ0) is 15.5. The van der Waals surface area contributed by atoms with Gasteiger partial charge in [0.25, 0.3) is 5.91 Å². The Morgan fingerprint density at radius 3 is 2.73 bits per heavy atom. The lowest BCUT2D eigenvalue weighted by atomic mass is 10.2. The number of hydrogen-bond donors (Lipinski definition) is 2. The number of aromatic amines is 1. The van der Waals surface area contributed by atoms with Crippen molar-refractivity contribution in [3.05, 3.63) is 59.2 Å². The molecule has 1 amide bonds. The maximum absolute atomic E-state index is 12.3. The van der Waals surface area contributed by atoms with E-state index in [2.05, 4.69) is 10.3 Å². The number of nitrogens with one attached hydrogen (secondary N) is 2. The lowest BCUT2D eigenvalue weighted by Gasteiger charge is -2.05. The van der Waals surface area contributed by atoms with Gasteiger partial charge in [0.2, 0.25) is 0 Å². The Balaban J connectivity index is 2.13. The second-order valence-electron chi connectivity index (χ2n) is 4.79. The quantitative estimate of drug-likeness (QED) is 0.727. The van der Waals surface area contributed by atoms with Crippen LogP contribution in [0, 0.1) is 0 Å². The molecule has 0 saturated carbocycles. The van der Waals surface area contributed by atoms with Gasteiger partial charge in [-0.1, -0.05) is 41.6 Å². The van der Waals surface area contributed by atoms with Crippen LogP contribution in [-0.4, -0.2) is 17.4 Å². The van der Waals surface area contributed by atoms with E-state index in [1.54, 1.807) is 11.8 Å². The van der Waals surface area contributed by atoms with E-state index < -0.39 is 0 Å². The van der Waals surface area contributed by atoms with Crippen molar-refractivity contribution in [1.82, 2.24) is 10.3 Å². The van der Waals surface area contributed by atoms with Crippen LogP contribution >= 0.6 is 23.4 Å². The predicted octanol–water partition coefficient (Wildman–Crippen LogP) is 4.72. The first-order valence-electron chi connectivity index (χ1n) is 7.01. The minimum Gasteiger partial charge on any atom is -0.351 e. The minimum absolute atomic E-state index is 0.103. The number of amides is 1. The molecule has 3 rings (SSSR count). The van der Waals surface area contributed by atoms with Gasteiger partial charge in [-0.25, -0.2) is 0 Å². The Morgan fingerprint density at radius 2 is 2.00 bits per heavy atom. The van der Waals surface area contributed by atoms with E-state index in [0.717, 1.165) is 20.7 Å². The molecule has 0 aliphatic carbocycles. The Labute approximate surface area is 138 Å². The van der Waals surface area contributed by atoms with Gasteiger partial charge < -0.3 is 10.3 Å². The smallest absolute Gasteiger partial charge is 0.268 e. The maximum atomic E-state index is 12.3. The van der Waals surface area contributed by atoms with Crippen LogP contribution in [0.25, 0.3) is 10.9 Å². The third kappa shape index (κ3) is 2.98. The number of halogens is 1. The molecule has 112 valence electrons. The van der Waals surface area contributed by atoms with Crippen molar-refractivity contribution in [1.29, 1.82) is 0 Å². The van der Waals surface area contributed by atoms with Crippen LogP contribution in [0.1, 0.15) is 17.4 Å². The molecular weight excluding hydrogens is 316 g/mol. The Kier molecular flexibility index (Phi) is 4.41. The molecule has 3 nitrogen and oxygen atoms in total. The molecule has 0 aliphatic heterocycles. The first-order chi connectivity index (χ1) is 10.7. The number of fused-ring (bicyclic) bond motifs is 1. The summed E-state index contributed by atoms with van der Waals surface area (Å²) in [5.41, 5.74) is 1.48. The molecule has 1 aromatic heterocycles. The summed E-state index contributed by atoms with van der Waals surface area (Å²) in [4.78, 5) is 17.5. The fourth-order valence-corrected chi connectivity index (χ4v) is 3.49. The molecule has 22 heavy (non-hydrogen) atoms. The van der Waals surface area contributed by atoms with E-state index in [-0.39, 0.29) is 5.91 Å². The standard InChI is InChI=1S/C17H15ClN2OS/c1-2-19-17(21)15-16(22-12-6-4-3-5-7-12)13-10-11(18)8-9-14(13)20-15/h3-10,20H,2H2,1H3,(H,19,21). The summed E-state index contributed by atoms with van der Waals surface area (Å²) in [6, 6.07) is 15.6. The summed E-state index contributed by atoms with van der Waals surface area (Å²) < 4.78 is 0. The van der Waals surface area contributed by atoms with Crippen LogP contribution in [0.2, 0.25) is 5.02 Å². The van der Waals surface area contributed by atoms with Crippen LogP contribution in [0.3, 0.4) is 0 Å². The predicted molar refractivity (Wildman–Crippen MR) is 91.9 cm³/mol. The van der Waals surface area contributed by atoms with E-state index in [9.17, 15) is 4.79 Å². The molecule has 2 aromatic carbocycles. The molecule has 0 aliphatic rings. The number of benzene rings is 2. The van der Waals surface area contributed by atoms with Crippen molar-refractivity contribution in [3.8, 4) is 0 Å². The van der Waals surface area contributed by atoms with Gasteiger partial charge in [0.15, 0.2) is 0 Å². The second kappa shape index (κ2) is 6.46. The van der Waals surface area contributed by atoms with Crippen LogP contribution < -0.4 is 5.32 Å². The van der Waals surface area contributed by atoms with Crippen LogP contribution in [0.15, 0.2) is 58.3 Å². The van der Waals surface area contributed by atoms with Gasteiger partial charge in [-0.3, -0.25) is 4.79 Å². The fourth-order valence-electron chi connectivity index (χ4n) is 2.26. The summed E-state index contributed by atoms with van der Waals surface area (Å²) in [5, 5.41) is 4.46. The van der Waals surface area contributed by atoms with Crippen molar-refractivity contribution in [3.63, 3.8) is 0 Å². The number of hydrogen-bond acceptors (Lipinski definition) is 2. The molecule has 0 atom stereocenters. The van der Waals surface area contributed by atoms with Gasteiger partial charge in [-0.2, -0.15) is 0 Å². The summed E-state index contributed by atoms with van der Waals surface area (Å²) in [6.45, 7) is 2.49. The first kappa shape index (κ1) is 15.0. The number of carbonyl (C=O) groups is 1. The number of aromatic nitrogens is 1. The number of H-pyrrole nitrogens is 1. The molecular formula is C17H15ClN2OS. The normalized spacial score (nSPS) is 10.8. The molecule has 0 unspecified atom stereocenters. The van der Waals surface area contributed by atoms with Gasteiger partial charge in [0, 0.05) is 27.4 Å². The van der Waals surface area contributed by atoms with E-state index in [0.29, 0.717) is 17.3 Å². The summed E-state index contributed by atoms with van der Waals surface area (Å²) in [7, 11) is 0. The SMILES string of the molecule is CCNC(=O)c1[nH]c2ccc(Cl)cc2c1Sc1ccccc1. The molecule has 0 bridgehead atoms. The molecule has 0 saturated heterocycles. The largest absolute Gasteiger partial charge is 0.351 e. The highest BCUT2D eigenvalue weighted by Gasteiger charge is 2.18.